The number of aliphatic hydroxyl groups excluding tert-OH is 2. The van der Waals surface area contributed by atoms with Gasteiger partial charge in [-0.15, -0.1) is 0 Å². The summed E-state index contributed by atoms with van der Waals surface area (Å²) in [4.78, 5) is 58.5. The molecule has 558 valence electrons. The van der Waals surface area contributed by atoms with Gasteiger partial charge in [-0.3, -0.25) is 32.5 Å². The molecular formula is C79H136O16P2. The number of carbonyl (C=O) groups excluding carboxylic acids is 3. The lowest BCUT2D eigenvalue weighted by Gasteiger charge is -2.21. The van der Waals surface area contributed by atoms with Crippen LogP contribution in [0.4, 0.5) is 0 Å². The second-order valence-electron chi connectivity index (χ2n) is 25.0. The van der Waals surface area contributed by atoms with E-state index in [9.17, 15) is 43.5 Å². The average molecular weight is 1400 g/mol. The van der Waals surface area contributed by atoms with Gasteiger partial charge in [-0.2, -0.15) is 0 Å². The number of aliphatic hydroxyl groups is 2. The maximum atomic E-state index is 12.9. The monoisotopic (exact) mass is 1400 g/mol. The zero-order chi connectivity index (χ0) is 70.9. The van der Waals surface area contributed by atoms with Crippen LogP contribution >= 0.6 is 15.6 Å². The first-order valence-corrected chi connectivity index (χ1v) is 40.8. The molecule has 0 amide bonds. The van der Waals surface area contributed by atoms with Crippen molar-refractivity contribution in [2.75, 3.05) is 39.6 Å². The Kier molecular flexibility index (Phi) is 68.8. The number of phosphoric acid groups is 2. The largest absolute Gasteiger partial charge is 0.472 e. The molecule has 0 aromatic heterocycles. The highest BCUT2D eigenvalue weighted by atomic mass is 31.2. The van der Waals surface area contributed by atoms with Gasteiger partial charge in [0.25, 0.3) is 0 Å². The van der Waals surface area contributed by atoms with Crippen molar-refractivity contribution in [2.45, 2.75) is 322 Å². The van der Waals surface area contributed by atoms with Crippen LogP contribution in [-0.2, 0) is 55.8 Å². The van der Waals surface area contributed by atoms with Gasteiger partial charge in [0.05, 0.1) is 26.4 Å². The van der Waals surface area contributed by atoms with Crippen LogP contribution in [-0.4, -0.2) is 95.9 Å². The van der Waals surface area contributed by atoms with Crippen molar-refractivity contribution in [2.24, 2.45) is 0 Å². The normalized spacial score (nSPS) is 14.8. The highest BCUT2D eigenvalue weighted by molar-refractivity contribution is 7.47. The summed E-state index contributed by atoms with van der Waals surface area (Å²) in [5, 5.41) is 20.6. The standard InChI is InChI=1S/C79H136O16P2/c1-4-7-10-13-16-19-22-25-28-29-30-31-32-33-34-35-36-37-38-39-40-41-42-43-46-48-50-53-56-59-62-65-77(82)89-68-74(80)69-91-96(85,86)92-70-75(81)71-93-97(87,88)94-73-76(95-79(84)67-64-61-58-55-52-49-45-27-24-21-18-15-12-9-6-3)72-90-78(83)66-63-60-57-54-51-47-44-26-23-20-17-14-11-8-5-2/h7-8,10-11,16-17,19-20,25-28,30-31,33-34,36-37,44-45,74-76,80-81H,4-6,9,12-15,18,21-24,29,32,35,38-43,46-73H2,1-3H3,(H,85,86)(H,87,88)/b10-7-,11-8-,19-16-,20-17-,28-25-,31-30-,34-33-,37-36-,44-26-,45-27-. The predicted octanol–water partition coefficient (Wildman–Crippen LogP) is 21.8. The van der Waals surface area contributed by atoms with E-state index in [0.29, 0.717) is 19.3 Å². The highest BCUT2D eigenvalue weighted by Gasteiger charge is 2.29. The van der Waals surface area contributed by atoms with Gasteiger partial charge in [-0.25, -0.2) is 9.13 Å². The number of ether oxygens (including phenoxy) is 3. The van der Waals surface area contributed by atoms with E-state index in [0.717, 1.165) is 154 Å². The number of carbonyl (C=O) groups is 3. The fourth-order valence-electron chi connectivity index (χ4n) is 9.94. The van der Waals surface area contributed by atoms with Crippen molar-refractivity contribution in [1.29, 1.82) is 0 Å². The quantitative estimate of drug-likeness (QED) is 0.0146. The van der Waals surface area contributed by atoms with E-state index in [2.05, 4.69) is 142 Å². The minimum Gasteiger partial charge on any atom is -0.463 e. The van der Waals surface area contributed by atoms with Crippen LogP contribution in [0.1, 0.15) is 303 Å². The van der Waals surface area contributed by atoms with Gasteiger partial charge in [0, 0.05) is 19.3 Å². The van der Waals surface area contributed by atoms with Crippen molar-refractivity contribution < 1.29 is 75.8 Å². The van der Waals surface area contributed by atoms with E-state index in [4.69, 9.17) is 32.3 Å². The zero-order valence-electron chi connectivity index (χ0n) is 60.7. The van der Waals surface area contributed by atoms with E-state index in [-0.39, 0.29) is 19.3 Å². The number of hydrogen-bond donors (Lipinski definition) is 4. The Labute approximate surface area is 589 Å². The Bertz CT molecular complexity index is 2250. The van der Waals surface area contributed by atoms with E-state index >= 15 is 0 Å². The molecule has 0 bridgehead atoms. The molecule has 0 aliphatic heterocycles. The van der Waals surface area contributed by atoms with Crippen molar-refractivity contribution in [1.82, 2.24) is 0 Å². The second kappa shape index (κ2) is 71.8. The first-order chi connectivity index (χ1) is 47.2. The molecule has 0 radical (unpaired) electrons. The van der Waals surface area contributed by atoms with Crippen molar-refractivity contribution in [3.8, 4) is 0 Å². The van der Waals surface area contributed by atoms with Gasteiger partial charge in [0.15, 0.2) is 6.10 Å². The maximum absolute atomic E-state index is 12.9. The molecule has 5 unspecified atom stereocenters. The van der Waals surface area contributed by atoms with E-state index in [1.54, 1.807) is 0 Å². The molecule has 5 atom stereocenters. The van der Waals surface area contributed by atoms with Crippen LogP contribution in [0.2, 0.25) is 0 Å². The SMILES string of the molecule is CC/C=C\C/C=C\C/C=C\C/C=C\C/C=C\C/C=C\CCCCCCCCCCCCCCC(=O)OCC(O)COP(=O)(O)OCC(O)COP(=O)(O)OCC(COC(=O)CCCCCCC/C=C\C/C=C\C/C=C\CC)OC(=O)CCCCCCC/C=C\CCCCCCCC. The Morgan fingerprint density at radius 3 is 0.876 bits per heavy atom. The second-order valence-corrected chi connectivity index (χ2v) is 27.9. The van der Waals surface area contributed by atoms with Crippen molar-refractivity contribution in [3.63, 3.8) is 0 Å². The fourth-order valence-corrected chi connectivity index (χ4v) is 11.5. The summed E-state index contributed by atoms with van der Waals surface area (Å²) in [6.07, 6.45) is 84.0. The lowest BCUT2D eigenvalue weighted by Crippen LogP contribution is -2.30. The Hall–Kier alpha value is -4.05. The molecule has 0 aliphatic rings. The molecule has 18 heteroatoms. The third-order valence-corrected chi connectivity index (χ3v) is 17.6. The Balaban J connectivity index is 4.46. The number of allylic oxidation sites excluding steroid dienone is 20. The molecule has 0 saturated carbocycles. The molecule has 0 fully saturated rings. The van der Waals surface area contributed by atoms with E-state index in [1.807, 2.05) is 0 Å². The number of phosphoric ester groups is 2. The molecule has 0 aliphatic carbocycles. The number of esters is 3. The summed E-state index contributed by atoms with van der Waals surface area (Å²) in [7, 11) is -9.79. The summed E-state index contributed by atoms with van der Waals surface area (Å²) in [5.41, 5.74) is 0. The number of hydrogen-bond acceptors (Lipinski definition) is 14. The van der Waals surface area contributed by atoms with Gasteiger partial charge < -0.3 is 34.2 Å². The van der Waals surface area contributed by atoms with Crippen LogP contribution in [0.25, 0.3) is 0 Å². The smallest absolute Gasteiger partial charge is 0.463 e. The molecule has 0 saturated heterocycles. The first-order valence-electron chi connectivity index (χ1n) is 37.8. The summed E-state index contributed by atoms with van der Waals surface area (Å²) < 4.78 is 61.0. The van der Waals surface area contributed by atoms with Crippen LogP contribution in [0, 0.1) is 0 Å². The minimum absolute atomic E-state index is 0.0902. The zero-order valence-corrected chi connectivity index (χ0v) is 62.5. The average Bonchev–Trinajstić information content (AvgIpc) is 1.84. The van der Waals surface area contributed by atoms with Gasteiger partial charge in [-0.1, -0.05) is 277 Å². The topological polar surface area (TPSA) is 231 Å². The van der Waals surface area contributed by atoms with Gasteiger partial charge in [0.2, 0.25) is 0 Å². The maximum Gasteiger partial charge on any atom is 0.472 e. The van der Waals surface area contributed by atoms with Crippen LogP contribution in [0.3, 0.4) is 0 Å². The Morgan fingerprint density at radius 2 is 0.546 bits per heavy atom. The molecule has 0 aromatic carbocycles. The van der Waals surface area contributed by atoms with Crippen LogP contribution < -0.4 is 0 Å². The lowest BCUT2D eigenvalue weighted by atomic mass is 10.0. The number of unbranched alkanes of at least 4 members (excludes halogenated alkanes) is 28. The Morgan fingerprint density at radius 1 is 0.299 bits per heavy atom. The lowest BCUT2D eigenvalue weighted by molar-refractivity contribution is -0.161. The van der Waals surface area contributed by atoms with Crippen LogP contribution in [0.5, 0.6) is 0 Å². The molecule has 97 heavy (non-hydrogen) atoms. The molecule has 4 N–H and O–H groups in total. The van der Waals surface area contributed by atoms with E-state index < -0.39 is 91.5 Å². The number of rotatable bonds is 71. The highest BCUT2D eigenvalue weighted by Crippen LogP contribution is 2.45. The van der Waals surface area contributed by atoms with Gasteiger partial charge >= 0.3 is 33.6 Å². The third-order valence-electron chi connectivity index (χ3n) is 15.7. The fraction of sp³-hybridized carbons (Fsp3) is 0.709. The minimum atomic E-state index is -4.93. The van der Waals surface area contributed by atoms with Gasteiger partial charge in [-0.05, 0) is 128 Å². The predicted molar refractivity (Wildman–Crippen MR) is 399 cm³/mol. The summed E-state index contributed by atoms with van der Waals surface area (Å²) >= 11 is 0. The van der Waals surface area contributed by atoms with Gasteiger partial charge in [0.1, 0.15) is 25.4 Å². The molecule has 0 spiro atoms. The first kappa shape index (κ1) is 93.0. The molecule has 0 rings (SSSR count). The summed E-state index contributed by atoms with van der Waals surface area (Å²) in [6.45, 7) is 2.42. The summed E-state index contributed by atoms with van der Waals surface area (Å²) in [6, 6.07) is 0. The molecule has 0 aromatic rings. The molecule has 16 nitrogen and oxygen atoms in total. The van der Waals surface area contributed by atoms with Crippen molar-refractivity contribution >= 4 is 33.6 Å². The van der Waals surface area contributed by atoms with Crippen molar-refractivity contribution in [3.05, 3.63) is 122 Å². The molecular weight excluding hydrogens is 1270 g/mol. The summed E-state index contributed by atoms with van der Waals surface area (Å²) in [5.74, 6) is -1.60. The van der Waals surface area contributed by atoms with E-state index in [1.165, 1.54) is 89.9 Å². The third kappa shape index (κ3) is 73.0. The molecule has 0 heterocycles. The van der Waals surface area contributed by atoms with Crippen LogP contribution in [0.15, 0.2) is 122 Å².